The fraction of sp³-hybridized carbons (Fsp3) is 0. The summed E-state index contributed by atoms with van der Waals surface area (Å²) in [4.78, 5) is 29.8. The average molecular weight is 1280 g/mol. The molecule has 38 heteroatoms. The van der Waals surface area contributed by atoms with Crippen molar-refractivity contribution >= 4 is 119 Å². The molecule has 0 spiro atoms. The molecule has 0 aliphatic rings. The Morgan fingerprint density at radius 3 is 1.05 bits per heavy atom. The first-order valence-electron chi connectivity index (χ1n) is 21.7. The summed E-state index contributed by atoms with van der Waals surface area (Å²) in [6, 6.07) is 20.5. The van der Waals surface area contributed by atoms with E-state index in [2.05, 4.69) is 49.9 Å². The predicted molar refractivity (Wildman–Crippen MR) is 283 cm³/mol. The van der Waals surface area contributed by atoms with E-state index in [1.807, 2.05) is 0 Å². The van der Waals surface area contributed by atoms with Crippen LogP contribution in [0.25, 0.3) is 12.2 Å². The van der Waals surface area contributed by atoms with Crippen LogP contribution in [0, 0.1) is 0 Å². The molecule has 0 saturated carbocycles. The van der Waals surface area contributed by atoms with Gasteiger partial charge in [-0.05, 0) is 120 Å². The topological polar surface area (TPSA) is 483 Å². The molecular formula is C44H32Cl2N10O20S6. The Morgan fingerprint density at radius 2 is 0.732 bits per heavy atom. The van der Waals surface area contributed by atoms with Gasteiger partial charge in [0, 0.05) is 10.0 Å². The van der Waals surface area contributed by atoms with Crippen molar-refractivity contribution in [3.8, 4) is 23.5 Å². The molecule has 0 aliphatic carbocycles. The summed E-state index contributed by atoms with van der Waals surface area (Å²) < 4.78 is 219. The molecule has 0 radical (unpaired) electrons. The van der Waals surface area contributed by atoms with Gasteiger partial charge in [-0.15, -0.1) is 0 Å². The zero-order chi connectivity index (χ0) is 59.7. The van der Waals surface area contributed by atoms with Crippen LogP contribution in [0.5, 0.6) is 23.5 Å². The molecule has 10 N–H and O–H groups in total. The van der Waals surface area contributed by atoms with Crippen molar-refractivity contribution in [2.24, 2.45) is 20.0 Å². The maximum Gasteiger partial charge on any atom is 0.305 e. The van der Waals surface area contributed by atoms with Crippen molar-refractivity contribution in [2.45, 2.75) is 29.4 Å². The Bertz CT molecular complexity index is 4650. The van der Waals surface area contributed by atoms with Gasteiger partial charge in [0.25, 0.3) is 60.7 Å². The summed E-state index contributed by atoms with van der Waals surface area (Å²) in [6.07, 6.45) is 2.04. The number of hydrogen-bond donors (Lipinski definition) is 10. The van der Waals surface area contributed by atoms with Crippen LogP contribution >= 0.6 is 23.2 Å². The van der Waals surface area contributed by atoms with Gasteiger partial charge in [0.2, 0.25) is 22.5 Å². The summed E-state index contributed by atoms with van der Waals surface area (Å²) in [5, 5.41) is 0.620. The first kappa shape index (κ1) is 60.0. The summed E-state index contributed by atoms with van der Waals surface area (Å²) in [5.74, 6) is 0.200. The molecule has 428 valence electrons. The Morgan fingerprint density at radius 1 is 0.390 bits per heavy atom. The number of H-pyrrole nitrogens is 4. The normalized spacial score (nSPS) is 13.7. The van der Waals surface area contributed by atoms with Crippen LogP contribution in [0.2, 0.25) is 10.0 Å². The van der Waals surface area contributed by atoms with Gasteiger partial charge in [-0.3, -0.25) is 47.3 Å². The van der Waals surface area contributed by atoms with E-state index < -0.39 is 136 Å². The van der Waals surface area contributed by atoms with Gasteiger partial charge in [0.1, 0.15) is 31.1 Å². The molecule has 6 aromatic carbocycles. The van der Waals surface area contributed by atoms with E-state index in [0.717, 1.165) is 36.4 Å². The Hall–Kier alpha value is -8.08. The number of halogens is 2. The van der Waals surface area contributed by atoms with E-state index in [0.29, 0.717) is 46.4 Å². The highest BCUT2D eigenvalue weighted by Crippen LogP contribution is 2.31. The maximum atomic E-state index is 12.9. The summed E-state index contributed by atoms with van der Waals surface area (Å²) in [5.41, 5.74) is -4.71. The third kappa shape index (κ3) is 15.5. The summed E-state index contributed by atoms with van der Waals surface area (Å²) >= 11 is 12.0. The van der Waals surface area contributed by atoms with Crippen LogP contribution in [0.4, 0.5) is 22.7 Å². The van der Waals surface area contributed by atoms with Gasteiger partial charge in [-0.25, -0.2) is 20.0 Å². The molecule has 0 aliphatic heterocycles. The minimum Gasteiger partial charge on any atom is -0.426 e. The van der Waals surface area contributed by atoms with Crippen LogP contribution < -0.4 is 31.9 Å². The van der Waals surface area contributed by atoms with E-state index in [-0.39, 0.29) is 34.0 Å². The second-order valence-electron chi connectivity index (χ2n) is 16.1. The SMILES string of the molecule is O=S(=O)(O)c1ccc(S(=O)(=O)O)c(N=c2[nH]c(Oc3ccc(Cl)cc3)nc(=Nc3ccc(C=Cc4ccc(N=c5nc(Oc6ccc(Cl)cc6)[nH]c(=Nc6cc(S(=O)(=O)O)ccc6S(=O)(=O)O)[nH]5)cc4S(=O)(=O)O)c(S(=O)(=O)O)c3)[nH]2)c1. The second kappa shape index (κ2) is 23.0. The van der Waals surface area contributed by atoms with Crippen molar-refractivity contribution in [2.75, 3.05) is 0 Å². The van der Waals surface area contributed by atoms with Crippen molar-refractivity contribution in [1.82, 2.24) is 29.9 Å². The lowest BCUT2D eigenvalue weighted by Gasteiger charge is -2.08. The number of aromatic amines is 4. The lowest BCUT2D eigenvalue weighted by Crippen LogP contribution is -2.27. The standard InChI is InChI=1S/C44H32Cl2N10O20S6/c45-25-5-11-29(12-6-25)75-43-53-39(51-41(55-43)49-33-21-31(77(57,58)59)15-17-35(33)79(63,64)65)47-27-9-3-23(37(19-27)81(69,70)71)1-2-24-4-10-28(20-38(24)82(72,73)74)48-40-52-42(56-44(54-40)76-30-13-7-26(46)8-14-30)50-34-22-32(78(60,61)62)16-18-36(34)80(66,67)68/h1-22H,(H,57,58,59)(H,60,61,62)(H,63,64,65)(H,66,67,68)(H,69,70,71)(H,72,73,74)(H2,47,49,51,53,55)(H2,48,50,52,54,56). The largest absolute Gasteiger partial charge is 0.426 e. The van der Waals surface area contributed by atoms with Crippen LogP contribution in [0.15, 0.2) is 171 Å². The van der Waals surface area contributed by atoms with Gasteiger partial charge in [-0.2, -0.15) is 60.5 Å². The summed E-state index contributed by atoms with van der Waals surface area (Å²) in [6.45, 7) is 0. The lowest BCUT2D eigenvalue weighted by molar-refractivity contribution is 0.431. The minimum absolute atomic E-state index is 0.100. The predicted octanol–water partition coefficient (Wildman–Crippen LogP) is 5.26. The monoisotopic (exact) mass is 1280 g/mol. The van der Waals surface area contributed by atoms with Crippen molar-refractivity contribution < 1.29 is 87.3 Å². The number of hydrogen-bond acceptors (Lipinski definition) is 20. The molecule has 0 amide bonds. The minimum atomic E-state index is -5.19. The fourth-order valence-electron chi connectivity index (χ4n) is 6.82. The molecule has 0 unspecified atom stereocenters. The van der Waals surface area contributed by atoms with E-state index in [1.165, 1.54) is 60.7 Å². The molecule has 2 heterocycles. The highest BCUT2D eigenvalue weighted by Gasteiger charge is 2.23. The molecule has 0 fully saturated rings. The number of ether oxygens (including phenoxy) is 2. The number of nitrogens with one attached hydrogen (secondary N) is 4. The third-order valence-corrected chi connectivity index (χ3v) is 16.1. The summed E-state index contributed by atoms with van der Waals surface area (Å²) in [7, 11) is -30.5. The molecule has 82 heavy (non-hydrogen) atoms. The van der Waals surface area contributed by atoms with Crippen molar-refractivity contribution in [3.05, 3.63) is 165 Å². The zero-order valence-corrected chi connectivity index (χ0v) is 46.4. The van der Waals surface area contributed by atoms with Crippen molar-refractivity contribution in [1.29, 1.82) is 0 Å². The highest BCUT2D eigenvalue weighted by molar-refractivity contribution is 7.87. The molecule has 0 saturated heterocycles. The zero-order valence-electron chi connectivity index (χ0n) is 40.0. The van der Waals surface area contributed by atoms with Crippen LogP contribution in [0.1, 0.15) is 11.1 Å². The molecule has 2 aromatic heterocycles. The van der Waals surface area contributed by atoms with Gasteiger partial charge < -0.3 is 9.47 Å². The number of benzene rings is 6. The second-order valence-corrected chi connectivity index (χ2v) is 25.4. The lowest BCUT2D eigenvalue weighted by atomic mass is 10.1. The first-order valence-corrected chi connectivity index (χ1v) is 31.1. The number of rotatable bonds is 16. The maximum absolute atomic E-state index is 12.9. The quantitative estimate of drug-likeness (QED) is 0.0435. The van der Waals surface area contributed by atoms with E-state index in [4.69, 9.17) is 32.7 Å². The fourth-order valence-corrected chi connectivity index (χ4v) is 10.7. The van der Waals surface area contributed by atoms with Crippen LogP contribution in [-0.2, 0) is 60.7 Å². The van der Waals surface area contributed by atoms with Gasteiger partial charge in [0.05, 0.1) is 32.5 Å². The molecular weight excluding hydrogens is 1250 g/mol. The Labute approximate surface area is 470 Å². The Balaban J connectivity index is 1.21. The van der Waals surface area contributed by atoms with Gasteiger partial charge in [-0.1, -0.05) is 47.5 Å². The number of nitrogens with zero attached hydrogens (tertiary/aromatic N) is 6. The molecule has 8 rings (SSSR count). The Kier molecular flexibility index (Phi) is 16.9. The number of aromatic nitrogens is 6. The molecule has 30 nitrogen and oxygen atoms in total. The molecule has 8 aromatic rings. The molecule has 0 atom stereocenters. The average Bonchev–Trinajstić information content (AvgIpc) is 3.52. The van der Waals surface area contributed by atoms with E-state index in [1.54, 1.807) is 0 Å². The first-order chi connectivity index (χ1) is 38.1. The third-order valence-electron chi connectivity index (χ3n) is 10.3. The van der Waals surface area contributed by atoms with Gasteiger partial charge in [0.15, 0.2) is 0 Å². The van der Waals surface area contributed by atoms with E-state index in [9.17, 15) is 77.8 Å². The molecule has 0 bridgehead atoms. The van der Waals surface area contributed by atoms with Crippen LogP contribution in [0.3, 0.4) is 0 Å². The highest BCUT2D eigenvalue weighted by atomic mass is 35.5. The smallest absolute Gasteiger partial charge is 0.305 e. The van der Waals surface area contributed by atoms with Crippen LogP contribution in [-0.4, -0.2) is 108 Å². The van der Waals surface area contributed by atoms with Gasteiger partial charge >= 0.3 is 12.0 Å². The van der Waals surface area contributed by atoms with Crippen molar-refractivity contribution in [3.63, 3.8) is 0 Å². The van der Waals surface area contributed by atoms with E-state index >= 15 is 0 Å².